The van der Waals surface area contributed by atoms with Crippen molar-refractivity contribution >= 4 is 38.3 Å². The van der Waals surface area contributed by atoms with Crippen molar-refractivity contribution in [2.75, 3.05) is 45.7 Å². The highest BCUT2D eigenvalue weighted by Crippen LogP contribution is 2.34. The van der Waals surface area contributed by atoms with Gasteiger partial charge in [0, 0.05) is 35.0 Å². The molecular weight excluding hydrogens is 422 g/mol. The zero-order valence-corrected chi connectivity index (χ0v) is 19.3. The van der Waals surface area contributed by atoms with Gasteiger partial charge in [0.25, 0.3) is 0 Å². The average Bonchev–Trinajstić information content (AvgIpc) is 3.44. The van der Waals surface area contributed by atoms with Gasteiger partial charge in [-0.3, -0.25) is 10.00 Å². The third-order valence-corrected chi connectivity index (χ3v) is 7.38. The molecule has 0 bridgehead atoms. The van der Waals surface area contributed by atoms with Crippen LogP contribution in [0.2, 0.25) is 0 Å². The van der Waals surface area contributed by atoms with E-state index in [0.29, 0.717) is 18.4 Å². The number of rotatable bonds is 7. The number of hydrogen-bond acceptors (Lipinski definition) is 8. The second-order valence-corrected chi connectivity index (χ2v) is 9.70. The number of H-pyrrole nitrogens is 1. The summed E-state index contributed by atoms with van der Waals surface area (Å²) in [6, 6.07) is 8.81. The Morgan fingerprint density at radius 1 is 1.28 bits per heavy atom. The van der Waals surface area contributed by atoms with Crippen LogP contribution in [0.3, 0.4) is 0 Å². The fourth-order valence-corrected chi connectivity index (χ4v) is 5.57. The van der Waals surface area contributed by atoms with Gasteiger partial charge in [-0.2, -0.15) is 5.10 Å². The molecule has 168 valence electrons. The lowest BCUT2D eigenvalue weighted by molar-refractivity contribution is 0.140. The molecule has 3 N–H and O–H groups in total. The van der Waals surface area contributed by atoms with Gasteiger partial charge in [0.1, 0.15) is 5.82 Å². The van der Waals surface area contributed by atoms with Gasteiger partial charge in [0.05, 0.1) is 28.5 Å². The minimum absolute atomic E-state index is 0.0508. The normalized spacial score (nSPS) is 15.9. The highest BCUT2D eigenvalue weighted by molar-refractivity contribution is 7.19. The van der Waals surface area contributed by atoms with E-state index in [2.05, 4.69) is 45.5 Å². The number of anilines is 1. The Hall–Kier alpha value is -2.59. The van der Waals surface area contributed by atoms with E-state index in [1.807, 2.05) is 24.4 Å². The Balaban J connectivity index is 1.49. The van der Waals surface area contributed by atoms with Crippen LogP contribution in [0.4, 0.5) is 5.82 Å². The quantitative estimate of drug-likeness (QED) is 0.397. The minimum Gasteiger partial charge on any atom is -0.395 e. The number of hydrogen-bond donors (Lipinski definition) is 3. The Morgan fingerprint density at radius 3 is 2.94 bits per heavy atom. The predicted molar refractivity (Wildman–Crippen MR) is 130 cm³/mol. The van der Waals surface area contributed by atoms with Gasteiger partial charge < -0.3 is 15.3 Å². The van der Waals surface area contributed by atoms with Gasteiger partial charge in [-0.1, -0.05) is 12.1 Å². The fraction of sp³-hybridized carbons (Fsp3) is 0.435. The van der Waals surface area contributed by atoms with E-state index >= 15 is 0 Å². The number of aliphatic hydroxyl groups excluding tert-OH is 1. The molecule has 0 saturated carbocycles. The second-order valence-electron chi connectivity index (χ2n) is 8.56. The number of nitrogens with one attached hydrogen (secondary N) is 2. The van der Waals surface area contributed by atoms with E-state index < -0.39 is 0 Å². The summed E-state index contributed by atoms with van der Waals surface area (Å²) in [6.45, 7) is 3.72. The summed E-state index contributed by atoms with van der Waals surface area (Å²) >= 11 is 1.74. The molecule has 0 aliphatic carbocycles. The molecule has 0 atom stereocenters. The van der Waals surface area contributed by atoms with Crippen molar-refractivity contribution in [3.63, 3.8) is 0 Å². The van der Waals surface area contributed by atoms with Crippen LogP contribution in [-0.2, 0) is 6.54 Å². The van der Waals surface area contributed by atoms with Gasteiger partial charge in [0.2, 0.25) is 0 Å². The zero-order valence-electron chi connectivity index (χ0n) is 18.5. The van der Waals surface area contributed by atoms with Crippen LogP contribution in [0.25, 0.3) is 32.5 Å². The van der Waals surface area contributed by atoms with Crippen LogP contribution >= 0.6 is 11.3 Å². The van der Waals surface area contributed by atoms with Gasteiger partial charge in [-0.15, -0.1) is 11.3 Å². The highest BCUT2D eigenvalue weighted by atomic mass is 32.1. The standard InChI is InChI=1S/C23H29N7OS/c1-29-9-6-15(7-10-29)30(2)14-16-12-20-21(32-16)23(24-8-11-31)27-22(26-20)17-4-3-5-19-18(17)13-25-28-19/h3-5,12-13,15,31H,6-11,14H2,1-2H3,(H,25,28)(H,24,26,27). The maximum atomic E-state index is 9.36. The van der Waals surface area contributed by atoms with Crippen LogP contribution in [0.5, 0.6) is 0 Å². The van der Waals surface area contributed by atoms with Crippen LogP contribution in [0.15, 0.2) is 30.5 Å². The molecule has 8 nitrogen and oxygen atoms in total. The Kier molecular flexibility index (Phi) is 6.05. The number of thiophene rings is 1. The number of fused-ring (bicyclic) bond motifs is 2. The molecule has 1 aromatic carbocycles. The second kappa shape index (κ2) is 9.11. The Bertz CT molecular complexity index is 1210. The number of nitrogens with zero attached hydrogens (tertiary/aromatic N) is 5. The summed E-state index contributed by atoms with van der Waals surface area (Å²) in [7, 11) is 4.42. The molecule has 0 radical (unpaired) electrons. The lowest BCUT2D eigenvalue weighted by Gasteiger charge is -2.34. The third kappa shape index (κ3) is 4.21. The van der Waals surface area contributed by atoms with Crippen molar-refractivity contribution in [3.8, 4) is 11.4 Å². The van der Waals surface area contributed by atoms with Gasteiger partial charge in [0.15, 0.2) is 5.82 Å². The first kappa shape index (κ1) is 21.3. The van der Waals surface area contributed by atoms with Crippen molar-refractivity contribution in [2.45, 2.75) is 25.4 Å². The molecule has 1 aliphatic heterocycles. The SMILES string of the molecule is CN1CCC(N(C)Cc2cc3nc(-c4cccc5[nH]ncc45)nc(NCCO)c3s2)CC1. The maximum Gasteiger partial charge on any atom is 0.162 e. The first-order valence-electron chi connectivity index (χ1n) is 11.1. The molecule has 9 heteroatoms. The number of piperidine rings is 1. The summed E-state index contributed by atoms with van der Waals surface area (Å²) in [5, 5.41) is 20.8. The maximum absolute atomic E-state index is 9.36. The Morgan fingerprint density at radius 2 is 2.12 bits per heavy atom. The van der Waals surface area contributed by atoms with Gasteiger partial charge in [-0.25, -0.2) is 9.97 Å². The summed E-state index contributed by atoms with van der Waals surface area (Å²) < 4.78 is 1.04. The number of benzene rings is 1. The van der Waals surface area contributed by atoms with E-state index in [9.17, 15) is 5.11 Å². The molecule has 1 fully saturated rings. The summed E-state index contributed by atoms with van der Waals surface area (Å²) in [4.78, 5) is 15.9. The van der Waals surface area contributed by atoms with Crippen molar-refractivity contribution in [1.29, 1.82) is 0 Å². The smallest absolute Gasteiger partial charge is 0.162 e. The molecule has 0 spiro atoms. The number of aromatic nitrogens is 4. The lowest BCUT2D eigenvalue weighted by Crippen LogP contribution is -2.41. The fourth-order valence-electron chi connectivity index (χ4n) is 4.45. The van der Waals surface area contributed by atoms with E-state index in [1.165, 1.54) is 17.7 Å². The first-order valence-corrected chi connectivity index (χ1v) is 11.9. The largest absolute Gasteiger partial charge is 0.395 e. The number of likely N-dealkylation sites (tertiary alicyclic amines) is 1. The highest BCUT2D eigenvalue weighted by Gasteiger charge is 2.22. The zero-order chi connectivity index (χ0) is 22.1. The molecule has 0 unspecified atom stereocenters. The van der Waals surface area contributed by atoms with Crippen molar-refractivity contribution in [3.05, 3.63) is 35.3 Å². The summed E-state index contributed by atoms with van der Waals surface area (Å²) in [5.74, 6) is 1.44. The third-order valence-electron chi connectivity index (χ3n) is 6.27. The van der Waals surface area contributed by atoms with Crippen LogP contribution < -0.4 is 5.32 Å². The topological polar surface area (TPSA) is 93.2 Å². The van der Waals surface area contributed by atoms with Gasteiger partial charge in [-0.05, 0) is 52.2 Å². The molecule has 4 aromatic rings. The average molecular weight is 452 g/mol. The number of aliphatic hydroxyl groups is 1. The minimum atomic E-state index is 0.0508. The molecular formula is C23H29N7OS. The molecule has 3 aromatic heterocycles. The van der Waals surface area contributed by atoms with E-state index in [-0.39, 0.29) is 6.61 Å². The molecule has 4 heterocycles. The summed E-state index contributed by atoms with van der Waals surface area (Å²) in [6.07, 6.45) is 4.23. The van der Waals surface area contributed by atoms with Crippen LogP contribution in [-0.4, -0.2) is 81.5 Å². The van der Waals surface area contributed by atoms with Crippen molar-refractivity contribution in [1.82, 2.24) is 30.0 Å². The number of aromatic amines is 1. The van der Waals surface area contributed by atoms with Crippen molar-refractivity contribution < 1.29 is 5.11 Å². The molecule has 1 aliphatic rings. The molecule has 5 rings (SSSR count). The molecule has 32 heavy (non-hydrogen) atoms. The van der Waals surface area contributed by atoms with Crippen LogP contribution in [0.1, 0.15) is 17.7 Å². The lowest BCUT2D eigenvalue weighted by atomic mass is 10.0. The first-order chi connectivity index (χ1) is 15.6. The van der Waals surface area contributed by atoms with E-state index in [4.69, 9.17) is 9.97 Å². The van der Waals surface area contributed by atoms with E-state index in [1.54, 1.807) is 11.3 Å². The van der Waals surface area contributed by atoms with E-state index in [0.717, 1.165) is 52.1 Å². The molecule has 0 amide bonds. The van der Waals surface area contributed by atoms with Crippen LogP contribution in [0, 0.1) is 0 Å². The monoisotopic (exact) mass is 451 g/mol. The molecule has 1 saturated heterocycles. The summed E-state index contributed by atoms with van der Waals surface area (Å²) in [5.41, 5.74) is 2.84. The van der Waals surface area contributed by atoms with Crippen molar-refractivity contribution in [2.24, 2.45) is 0 Å². The van der Waals surface area contributed by atoms with Gasteiger partial charge >= 0.3 is 0 Å². The predicted octanol–water partition coefficient (Wildman–Crippen LogP) is 3.16. The Labute approximate surface area is 191 Å².